The number of hydrogen-bond acceptors (Lipinski definition) is 5. The molecule has 1 saturated heterocycles. The Morgan fingerprint density at radius 3 is 2.45 bits per heavy atom. The molecule has 0 spiro atoms. The largest absolute Gasteiger partial charge is 0.466 e. The minimum atomic E-state index is -0.0209. The summed E-state index contributed by atoms with van der Waals surface area (Å²) in [7, 11) is 1.87. The number of rotatable bonds is 6. The van der Waals surface area contributed by atoms with Gasteiger partial charge in [-0.2, -0.15) is 11.8 Å². The van der Waals surface area contributed by atoms with E-state index in [4.69, 9.17) is 4.74 Å². The standard InChI is InChI=1S/C22H40N4O2S/c1-3-28-20(27)18-7-9-19(10-8-18)25-21(23-2)24-17-22(11-5-4-6-12-22)26-13-15-29-16-14-26/h18-19H,3-17H2,1-2H3,(H2,23,24,25). The summed E-state index contributed by atoms with van der Waals surface area (Å²) in [6.45, 7) is 5.77. The molecule has 3 aliphatic rings. The zero-order valence-electron chi connectivity index (χ0n) is 18.4. The van der Waals surface area contributed by atoms with Crippen LogP contribution >= 0.6 is 11.8 Å². The smallest absolute Gasteiger partial charge is 0.308 e. The Morgan fingerprint density at radius 1 is 1.14 bits per heavy atom. The minimum absolute atomic E-state index is 0.0209. The topological polar surface area (TPSA) is 66.0 Å². The van der Waals surface area contributed by atoms with Crippen molar-refractivity contribution in [2.24, 2.45) is 10.9 Å². The van der Waals surface area contributed by atoms with Gasteiger partial charge in [0.25, 0.3) is 0 Å². The van der Waals surface area contributed by atoms with Gasteiger partial charge in [-0.25, -0.2) is 0 Å². The lowest BCUT2D eigenvalue weighted by Crippen LogP contribution is -2.60. The van der Waals surface area contributed by atoms with E-state index in [9.17, 15) is 4.79 Å². The molecule has 2 aliphatic carbocycles. The molecule has 7 heteroatoms. The van der Waals surface area contributed by atoms with Gasteiger partial charge in [0.05, 0.1) is 12.5 Å². The van der Waals surface area contributed by atoms with Crippen LogP contribution in [-0.2, 0) is 9.53 Å². The fourth-order valence-electron chi connectivity index (χ4n) is 5.22. The molecule has 1 aliphatic heterocycles. The summed E-state index contributed by atoms with van der Waals surface area (Å²) in [5.74, 6) is 3.50. The van der Waals surface area contributed by atoms with E-state index in [1.165, 1.54) is 56.7 Å². The lowest BCUT2D eigenvalue weighted by molar-refractivity contribution is -0.149. The monoisotopic (exact) mass is 424 g/mol. The van der Waals surface area contributed by atoms with Crippen molar-refractivity contribution in [1.82, 2.24) is 15.5 Å². The van der Waals surface area contributed by atoms with Crippen molar-refractivity contribution < 1.29 is 9.53 Å². The zero-order chi connectivity index (χ0) is 20.5. The SMILES string of the molecule is CCOC(=O)C1CCC(NC(=NC)NCC2(N3CCSCC3)CCCCC2)CC1. The fraction of sp³-hybridized carbons (Fsp3) is 0.909. The average molecular weight is 425 g/mol. The number of aliphatic imine (C=N–C) groups is 1. The Hall–Kier alpha value is -0.950. The molecule has 3 rings (SSSR count). The number of guanidine groups is 1. The van der Waals surface area contributed by atoms with E-state index < -0.39 is 0 Å². The molecule has 0 atom stereocenters. The second kappa shape index (κ2) is 11.4. The van der Waals surface area contributed by atoms with Gasteiger partial charge < -0.3 is 15.4 Å². The molecule has 0 amide bonds. The van der Waals surface area contributed by atoms with Crippen LogP contribution in [0.2, 0.25) is 0 Å². The number of esters is 1. The molecular weight excluding hydrogens is 384 g/mol. The first-order chi connectivity index (χ1) is 14.2. The normalized spacial score (nSPS) is 28.6. The van der Waals surface area contributed by atoms with Gasteiger partial charge in [0.2, 0.25) is 0 Å². The summed E-state index contributed by atoms with van der Waals surface area (Å²) in [5, 5.41) is 7.30. The molecule has 2 N–H and O–H groups in total. The summed E-state index contributed by atoms with van der Waals surface area (Å²) in [6, 6.07) is 0.389. The average Bonchev–Trinajstić information content (AvgIpc) is 2.78. The second-order valence-electron chi connectivity index (χ2n) is 8.76. The Kier molecular flexibility index (Phi) is 8.97. The van der Waals surface area contributed by atoms with Gasteiger partial charge >= 0.3 is 5.97 Å². The maximum atomic E-state index is 12.0. The molecule has 0 radical (unpaired) electrons. The van der Waals surface area contributed by atoms with Crippen LogP contribution < -0.4 is 10.6 Å². The van der Waals surface area contributed by atoms with Crippen LogP contribution in [0.15, 0.2) is 4.99 Å². The number of ether oxygens (including phenoxy) is 1. The van der Waals surface area contributed by atoms with Crippen LogP contribution in [0, 0.1) is 5.92 Å². The Bertz CT molecular complexity index is 537. The highest BCUT2D eigenvalue weighted by Crippen LogP contribution is 2.35. The third-order valence-electron chi connectivity index (χ3n) is 6.96. The van der Waals surface area contributed by atoms with E-state index in [0.717, 1.165) is 38.2 Å². The first-order valence-corrected chi connectivity index (χ1v) is 12.8. The van der Waals surface area contributed by atoms with E-state index in [2.05, 4.69) is 32.3 Å². The van der Waals surface area contributed by atoms with Crippen molar-refractivity contribution in [1.29, 1.82) is 0 Å². The number of hydrogen-bond donors (Lipinski definition) is 2. The summed E-state index contributed by atoms with van der Waals surface area (Å²) in [6.07, 6.45) is 10.5. The molecule has 0 aromatic heterocycles. The van der Waals surface area contributed by atoms with Gasteiger partial charge in [0, 0.05) is 49.8 Å². The van der Waals surface area contributed by atoms with E-state index in [1.807, 2.05) is 14.0 Å². The minimum Gasteiger partial charge on any atom is -0.466 e. The van der Waals surface area contributed by atoms with Gasteiger partial charge in [0.1, 0.15) is 0 Å². The van der Waals surface area contributed by atoms with Gasteiger partial charge in [-0.15, -0.1) is 0 Å². The van der Waals surface area contributed by atoms with Gasteiger partial charge in [-0.05, 0) is 45.4 Å². The van der Waals surface area contributed by atoms with Crippen LogP contribution in [0.4, 0.5) is 0 Å². The zero-order valence-corrected chi connectivity index (χ0v) is 19.2. The quantitative estimate of drug-likeness (QED) is 0.388. The summed E-state index contributed by atoms with van der Waals surface area (Å²) >= 11 is 2.09. The number of nitrogens with one attached hydrogen (secondary N) is 2. The predicted octanol–water partition coefficient (Wildman–Crippen LogP) is 3.03. The van der Waals surface area contributed by atoms with Crippen molar-refractivity contribution in [3.8, 4) is 0 Å². The molecule has 2 saturated carbocycles. The van der Waals surface area contributed by atoms with Crippen LogP contribution in [-0.4, -0.2) is 73.2 Å². The second-order valence-corrected chi connectivity index (χ2v) is 9.98. The van der Waals surface area contributed by atoms with Gasteiger partial charge in [-0.3, -0.25) is 14.7 Å². The van der Waals surface area contributed by atoms with Gasteiger partial charge in [0.15, 0.2) is 5.96 Å². The van der Waals surface area contributed by atoms with Crippen molar-refractivity contribution in [3.05, 3.63) is 0 Å². The number of nitrogens with zero attached hydrogens (tertiary/aromatic N) is 2. The molecule has 166 valence electrons. The lowest BCUT2D eigenvalue weighted by atomic mass is 9.80. The lowest BCUT2D eigenvalue weighted by Gasteiger charge is -2.48. The van der Waals surface area contributed by atoms with Crippen molar-refractivity contribution in [2.75, 3.05) is 44.8 Å². The number of carbonyl (C=O) groups excluding carboxylic acids is 1. The van der Waals surface area contributed by atoms with E-state index in [1.54, 1.807) is 0 Å². The first-order valence-electron chi connectivity index (χ1n) is 11.6. The first kappa shape index (κ1) is 22.7. The molecule has 3 fully saturated rings. The maximum absolute atomic E-state index is 12.0. The molecule has 0 aromatic rings. The Balaban J connectivity index is 1.49. The van der Waals surface area contributed by atoms with E-state index >= 15 is 0 Å². The highest BCUT2D eigenvalue weighted by Gasteiger charge is 2.38. The maximum Gasteiger partial charge on any atom is 0.308 e. The highest BCUT2D eigenvalue weighted by atomic mass is 32.2. The third kappa shape index (κ3) is 6.27. The van der Waals surface area contributed by atoms with Crippen LogP contribution in [0.5, 0.6) is 0 Å². The van der Waals surface area contributed by atoms with Crippen molar-refractivity contribution in [2.45, 2.75) is 76.3 Å². The van der Waals surface area contributed by atoms with Gasteiger partial charge in [-0.1, -0.05) is 19.3 Å². The summed E-state index contributed by atoms with van der Waals surface area (Å²) in [5.41, 5.74) is 0.290. The fourth-order valence-corrected chi connectivity index (χ4v) is 6.13. The highest BCUT2D eigenvalue weighted by molar-refractivity contribution is 7.99. The summed E-state index contributed by atoms with van der Waals surface area (Å²) < 4.78 is 5.19. The van der Waals surface area contributed by atoms with Crippen LogP contribution in [0.25, 0.3) is 0 Å². The van der Waals surface area contributed by atoms with Crippen molar-refractivity contribution in [3.63, 3.8) is 0 Å². The molecule has 1 heterocycles. The molecular formula is C22H40N4O2S. The Labute approximate surface area is 181 Å². The van der Waals surface area contributed by atoms with Crippen molar-refractivity contribution >= 4 is 23.7 Å². The molecule has 0 unspecified atom stereocenters. The predicted molar refractivity (Wildman–Crippen MR) is 122 cm³/mol. The van der Waals surface area contributed by atoms with E-state index in [-0.39, 0.29) is 11.9 Å². The molecule has 0 aromatic carbocycles. The van der Waals surface area contributed by atoms with Crippen LogP contribution in [0.3, 0.4) is 0 Å². The molecule has 29 heavy (non-hydrogen) atoms. The Morgan fingerprint density at radius 2 is 1.83 bits per heavy atom. The van der Waals surface area contributed by atoms with Crippen LogP contribution in [0.1, 0.15) is 64.7 Å². The van der Waals surface area contributed by atoms with E-state index in [0.29, 0.717) is 18.2 Å². The third-order valence-corrected chi connectivity index (χ3v) is 7.91. The summed E-state index contributed by atoms with van der Waals surface area (Å²) in [4.78, 5) is 19.2. The number of carbonyl (C=O) groups is 1. The molecule has 6 nitrogen and oxygen atoms in total. The number of thioether (sulfide) groups is 1. The molecule has 0 bridgehead atoms.